The molecule has 20 heteroatoms. The lowest BCUT2D eigenvalue weighted by atomic mass is 10.1. The molecule has 6 aromatic heterocycles. The molecular formula is C34H23ClF4IN10O4-. The minimum Gasteiger partial charge on any atom is -1.00 e. The van der Waals surface area contributed by atoms with Crippen molar-refractivity contribution in [1.82, 2.24) is 50.2 Å². The number of hydrogen-bond donors (Lipinski definition) is 3. The minimum absolute atomic E-state index is 0. The van der Waals surface area contributed by atoms with Gasteiger partial charge in [-0.2, -0.15) is 19.0 Å². The molecule has 276 valence electrons. The van der Waals surface area contributed by atoms with Gasteiger partial charge in [0.25, 0.3) is 11.1 Å². The number of halogens is 6. The maximum atomic E-state index is 14.0. The highest BCUT2D eigenvalue weighted by Gasteiger charge is 2.18. The zero-order chi connectivity index (χ0) is 37.3. The fraction of sp³-hybridized carbons (Fsp3) is 0.0588. The number of benzene rings is 2. The third-order valence-electron chi connectivity index (χ3n) is 7.26. The van der Waals surface area contributed by atoms with Crippen LogP contribution in [0, 0.1) is 23.3 Å². The van der Waals surface area contributed by atoms with E-state index >= 15 is 0 Å². The Morgan fingerprint density at radius 2 is 1.26 bits per heavy atom. The molecule has 0 saturated heterocycles. The third-order valence-corrected chi connectivity index (χ3v) is 7.45. The van der Waals surface area contributed by atoms with Crippen LogP contribution in [0.25, 0.3) is 28.5 Å². The zero-order valence-electron chi connectivity index (χ0n) is 27.2. The summed E-state index contributed by atoms with van der Waals surface area (Å²) < 4.78 is 63.7. The Hall–Kier alpha value is -6.22. The Balaban J connectivity index is 0.000000173. The number of hydrogen-bond acceptors (Lipinski definition) is 10. The van der Waals surface area contributed by atoms with E-state index in [4.69, 9.17) is 20.6 Å². The van der Waals surface area contributed by atoms with Gasteiger partial charge in [-0.15, -0.1) is 0 Å². The average molecular weight is 874 g/mol. The summed E-state index contributed by atoms with van der Waals surface area (Å²) in [5.74, 6) is -2.48. The van der Waals surface area contributed by atoms with Crippen LogP contribution in [0.1, 0.15) is 22.5 Å². The topological polar surface area (TPSA) is 190 Å². The SMILES string of the molecule is Fc1ccccc1Cc1[nH]ncc1-c1ccon1.O=c1[nH]c(-n2cc(-c3ccon3)c(Cc3ccccc3F)n2)ncc1F.O=c1[nH]c(Cl)ncc1F.[I-]. The molecule has 54 heavy (non-hydrogen) atoms. The van der Waals surface area contributed by atoms with Gasteiger partial charge in [-0.3, -0.25) is 24.7 Å². The molecule has 6 heterocycles. The number of nitrogens with zero attached hydrogens (tertiary/aromatic N) is 7. The van der Waals surface area contributed by atoms with Crippen LogP contribution < -0.4 is 35.1 Å². The summed E-state index contributed by atoms with van der Waals surface area (Å²) in [4.78, 5) is 33.1. The first kappa shape index (κ1) is 39.0. The van der Waals surface area contributed by atoms with Crippen molar-refractivity contribution in [1.29, 1.82) is 0 Å². The molecule has 0 fully saturated rings. The van der Waals surface area contributed by atoms with Crippen molar-refractivity contribution < 1.29 is 50.6 Å². The van der Waals surface area contributed by atoms with Gasteiger partial charge < -0.3 is 33.0 Å². The van der Waals surface area contributed by atoms with Crippen molar-refractivity contribution in [2.45, 2.75) is 12.8 Å². The highest BCUT2D eigenvalue weighted by Crippen LogP contribution is 2.26. The van der Waals surface area contributed by atoms with Crippen molar-refractivity contribution in [2.24, 2.45) is 0 Å². The Morgan fingerprint density at radius 1 is 0.685 bits per heavy atom. The van der Waals surface area contributed by atoms with E-state index in [1.807, 2.05) is 11.1 Å². The van der Waals surface area contributed by atoms with E-state index in [2.05, 4.69) is 40.6 Å². The van der Waals surface area contributed by atoms with E-state index in [-0.39, 0.29) is 53.3 Å². The van der Waals surface area contributed by atoms with Crippen molar-refractivity contribution in [3.05, 3.63) is 170 Å². The Bertz CT molecular complexity index is 2560. The molecule has 0 amide bonds. The van der Waals surface area contributed by atoms with E-state index in [0.717, 1.165) is 23.7 Å². The molecule has 0 aliphatic carbocycles. The van der Waals surface area contributed by atoms with Gasteiger partial charge in [0.15, 0.2) is 0 Å². The smallest absolute Gasteiger partial charge is 0.288 e. The molecule has 14 nitrogen and oxygen atoms in total. The first-order chi connectivity index (χ1) is 25.7. The predicted octanol–water partition coefficient (Wildman–Crippen LogP) is 2.84. The lowest BCUT2D eigenvalue weighted by Crippen LogP contribution is -3.00. The van der Waals surface area contributed by atoms with Crippen LogP contribution in [-0.2, 0) is 12.8 Å². The number of aromatic nitrogens is 10. The predicted molar refractivity (Wildman–Crippen MR) is 180 cm³/mol. The standard InChI is InChI=1S/C17H11F2N5O2.C13H10FN3O.C4H2ClFN2O.HI/c18-12-4-2-1-3-10(12)7-15-11(14-5-6-26-23-14)9-24(22-15)17-20-8-13(19)16(25)21-17;14-11-4-2-1-3-9(11)7-13-10(8-15-16-13)12-5-6-18-17-12;5-4-7-1-2(6)3(9)8-4;/h1-6,8-9H,7H2,(H,20,21,25);1-6,8H,7H2,(H,15,16);1H,(H,7,8,9);1H/p-1. The quantitative estimate of drug-likeness (QED) is 0.122. The van der Waals surface area contributed by atoms with Gasteiger partial charge in [-0.25, -0.2) is 23.4 Å². The normalized spacial score (nSPS) is 10.5. The van der Waals surface area contributed by atoms with E-state index < -0.39 is 22.8 Å². The number of nitrogens with one attached hydrogen (secondary N) is 3. The number of rotatable bonds is 7. The molecule has 0 aliphatic rings. The summed E-state index contributed by atoms with van der Waals surface area (Å²) in [5.41, 5.74) is 3.20. The van der Waals surface area contributed by atoms with Crippen LogP contribution >= 0.6 is 11.6 Å². The second-order valence-corrected chi connectivity index (χ2v) is 11.1. The van der Waals surface area contributed by atoms with Crippen molar-refractivity contribution in [3.63, 3.8) is 0 Å². The van der Waals surface area contributed by atoms with Crippen LogP contribution in [0.15, 0.2) is 117 Å². The van der Waals surface area contributed by atoms with Gasteiger partial charge in [-0.1, -0.05) is 46.7 Å². The lowest BCUT2D eigenvalue weighted by Gasteiger charge is -2.02. The summed E-state index contributed by atoms with van der Waals surface area (Å²) in [6.07, 6.45) is 8.32. The number of aromatic amines is 3. The summed E-state index contributed by atoms with van der Waals surface area (Å²) in [6, 6.07) is 16.4. The van der Waals surface area contributed by atoms with E-state index in [1.165, 1.54) is 29.3 Å². The highest BCUT2D eigenvalue weighted by atomic mass is 127. The van der Waals surface area contributed by atoms with E-state index in [1.54, 1.807) is 54.9 Å². The fourth-order valence-electron chi connectivity index (χ4n) is 4.73. The molecule has 3 N–H and O–H groups in total. The van der Waals surface area contributed by atoms with E-state index in [0.29, 0.717) is 40.2 Å². The number of H-pyrrole nitrogens is 3. The van der Waals surface area contributed by atoms with Gasteiger partial charge in [-0.05, 0) is 34.9 Å². The van der Waals surface area contributed by atoms with Crippen LogP contribution in [0.3, 0.4) is 0 Å². The molecule has 0 bridgehead atoms. The monoisotopic (exact) mass is 873 g/mol. The molecule has 8 rings (SSSR count). The van der Waals surface area contributed by atoms with Crippen LogP contribution in [0.2, 0.25) is 5.28 Å². The van der Waals surface area contributed by atoms with Crippen LogP contribution in [0.5, 0.6) is 0 Å². The fourth-order valence-corrected chi connectivity index (χ4v) is 4.87. The summed E-state index contributed by atoms with van der Waals surface area (Å²) in [6.45, 7) is 0. The summed E-state index contributed by atoms with van der Waals surface area (Å²) in [5, 5.41) is 18.8. The Morgan fingerprint density at radius 3 is 1.81 bits per heavy atom. The van der Waals surface area contributed by atoms with E-state index in [9.17, 15) is 27.2 Å². The molecule has 0 aliphatic heterocycles. The molecule has 0 radical (unpaired) electrons. The van der Waals surface area contributed by atoms with Crippen molar-refractivity contribution in [2.75, 3.05) is 0 Å². The Kier molecular flexibility index (Phi) is 13.0. The molecule has 0 saturated carbocycles. The minimum atomic E-state index is -0.996. The zero-order valence-corrected chi connectivity index (χ0v) is 30.1. The van der Waals surface area contributed by atoms with Gasteiger partial charge in [0.1, 0.15) is 35.5 Å². The second kappa shape index (κ2) is 18.0. The molecular weight excluding hydrogens is 851 g/mol. The van der Waals surface area contributed by atoms with Crippen LogP contribution in [-0.4, -0.2) is 50.2 Å². The lowest BCUT2D eigenvalue weighted by molar-refractivity contribution is -0.0000139. The first-order valence-corrected chi connectivity index (χ1v) is 15.6. The van der Waals surface area contributed by atoms with Gasteiger partial charge in [0.05, 0.1) is 24.3 Å². The van der Waals surface area contributed by atoms with Crippen molar-refractivity contribution >= 4 is 11.6 Å². The summed E-state index contributed by atoms with van der Waals surface area (Å²) in [7, 11) is 0. The first-order valence-electron chi connectivity index (χ1n) is 15.2. The van der Waals surface area contributed by atoms with Gasteiger partial charge in [0.2, 0.25) is 22.9 Å². The molecule has 0 spiro atoms. The summed E-state index contributed by atoms with van der Waals surface area (Å²) >= 11 is 5.18. The molecule has 8 aromatic rings. The molecule has 0 atom stereocenters. The average Bonchev–Trinajstić information content (AvgIpc) is 3.99. The van der Waals surface area contributed by atoms with Crippen molar-refractivity contribution in [3.8, 4) is 28.5 Å². The Labute approximate surface area is 322 Å². The molecule has 2 aromatic carbocycles. The van der Waals surface area contributed by atoms with Crippen LogP contribution in [0.4, 0.5) is 17.6 Å². The van der Waals surface area contributed by atoms with Gasteiger partial charge in [0, 0.05) is 48.0 Å². The largest absolute Gasteiger partial charge is 1.00 e. The highest BCUT2D eigenvalue weighted by molar-refractivity contribution is 6.28. The van der Waals surface area contributed by atoms with Gasteiger partial charge >= 0.3 is 0 Å². The maximum Gasteiger partial charge on any atom is 0.288 e. The second-order valence-electron chi connectivity index (χ2n) is 10.7. The maximum absolute atomic E-state index is 14.0. The molecule has 0 unspecified atom stereocenters. The third kappa shape index (κ3) is 9.60.